The van der Waals surface area contributed by atoms with Crippen molar-refractivity contribution < 1.29 is 5.11 Å². The van der Waals surface area contributed by atoms with E-state index in [1.165, 1.54) is 11.1 Å². The fraction of sp³-hybridized carbons (Fsp3) is 0.538. The van der Waals surface area contributed by atoms with Gasteiger partial charge in [-0.05, 0) is 29.9 Å². The maximum atomic E-state index is 9.89. The molecule has 0 saturated heterocycles. The van der Waals surface area contributed by atoms with E-state index in [0.29, 0.717) is 5.92 Å². The van der Waals surface area contributed by atoms with Gasteiger partial charge < -0.3 is 5.11 Å². The molecule has 1 aromatic rings. The van der Waals surface area contributed by atoms with Crippen LogP contribution < -0.4 is 0 Å². The molecule has 1 aliphatic rings. The summed E-state index contributed by atoms with van der Waals surface area (Å²) >= 11 is 0. The zero-order valence-corrected chi connectivity index (χ0v) is 8.96. The fourth-order valence-corrected chi connectivity index (χ4v) is 1.93. The molecule has 0 spiro atoms. The first-order valence-electron chi connectivity index (χ1n) is 5.41. The van der Waals surface area contributed by atoms with Crippen molar-refractivity contribution in [2.75, 3.05) is 0 Å². The molecule has 1 nitrogen and oxygen atoms in total. The monoisotopic (exact) mass is 190 g/mol. The highest BCUT2D eigenvalue weighted by atomic mass is 16.3. The summed E-state index contributed by atoms with van der Waals surface area (Å²) in [6, 6.07) is 8.46. The van der Waals surface area contributed by atoms with Crippen LogP contribution in [0.5, 0.6) is 0 Å². The van der Waals surface area contributed by atoms with Crippen LogP contribution in [-0.4, -0.2) is 10.7 Å². The predicted octanol–water partition coefficient (Wildman–Crippen LogP) is 2.88. The SMILES string of the molecule is CC(C)c1ccccc1CC1(O)CC1. The molecule has 0 aliphatic heterocycles. The summed E-state index contributed by atoms with van der Waals surface area (Å²) in [5.41, 5.74) is 2.33. The zero-order chi connectivity index (χ0) is 10.2. The van der Waals surface area contributed by atoms with E-state index in [1.54, 1.807) is 0 Å². The standard InChI is InChI=1S/C13H18O/c1-10(2)12-6-4-3-5-11(12)9-13(14)7-8-13/h3-6,10,14H,7-9H2,1-2H3. The maximum absolute atomic E-state index is 9.89. The van der Waals surface area contributed by atoms with Crippen molar-refractivity contribution in [3.63, 3.8) is 0 Å². The van der Waals surface area contributed by atoms with Gasteiger partial charge in [-0.25, -0.2) is 0 Å². The fourth-order valence-electron chi connectivity index (χ4n) is 1.93. The first-order valence-corrected chi connectivity index (χ1v) is 5.41. The number of hydrogen-bond donors (Lipinski definition) is 1. The Morgan fingerprint density at radius 2 is 1.93 bits per heavy atom. The van der Waals surface area contributed by atoms with Crippen LogP contribution in [0.2, 0.25) is 0 Å². The predicted molar refractivity (Wildman–Crippen MR) is 58.4 cm³/mol. The van der Waals surface area contributed by atoms with Gasteiger partial charge in [0, 0.05) is 6.42 Å². The van der Waals surface area contributed by atoms with Crippen LogP contribution in [0.4, 0.5) is 0 Å². The van der Waals surface area contributed by atoms with Gasteiger partial charge in [-0.2, -0.15) is 0 Å². The normalized spacial score (nSPS) is 18.6. The zero-order valence-electron chi connectivity index (χ0n) is 8.96. The Bertz CT molecular complexity index is 324. The molecule has 76 valence electrons. The van der Waals surface area contributed by atoms with Crippen LogP contribution in [0.3, 0.4) is 0 Å². The minimum Gasteiger partial charge on any atom is -0.390 e. The van der Waals surface area contributed by atoms with Crippen LogP contribution in [0.25, 0.3) is 0 Å². The Morgan fingerprint density at radius 1 is 1.29 bits per heavy atom. The number of aliphatic hydroxyl groups is 1. The molecule has 0 heterocycles. The van der Waals surface area contributed by atoms with Gasteiger partial charge >= 0.3 is 0 Å². The van der Waals surface area contributed by atoms with Gasteiger partial charge in [0.15, 0.2) is 0 Å². The van der Waals surface area contributed by atoms with Gasteiger partial charge in [-0.1, -0.05) is 38.1 Å². The van der Waals surface area contributed by atoms with Crippen molar-refractivity contribution in [3.05, 3.63) is 35.4 Å². The third kappa shape index (κ3) is 1.98. The van der Waals surface area contributed by atoms with Crippen LogP contribution in [0.15, 0.2) is 24.3 Å². The Morgan fingerprint density at radius 3 is 2.50 bits per heavy atom. The first kappa shape index (κ1) is 9.72. The quantitative estimate of drug-likeness (QED) is 0.777. The van der Waals surface area contributed by atoms with Crippen LogP contribution >= 0.6 is 0 Å². The van der Waals surface area contributed by atoms with Crippen molar-refractivity contribution >= 4 is 0 Å². The van der Waals surface area contributed by atoms with Crippen molar-refractivity contribution in [2.24, 2.45) is 0 Å². The van der Waals surface area contributed by atoms with E-state index >= 15 is 0 Å². The van der Waals surface area contributed by atoms with Crippen LogP contribution in [0, 0.1) is 0 Å². The number of rotatable bonds is 3. The second kappa shape index (κ2) is 3.39. The van der Waals surface area contributed by atoms with Gasteiger partial charge in [-0.3, -0.25) is 0 Å². The summed E-state index contributed by atoms with van der Waals surface area (Å²) in [5.74, 6) is 0.550. The molecular formula is C13H18O. The lowest BCUT2D eigenvalue weighted by Crippen LogP contribution is -2.12. The minimum absolute atomic E-state index is 0.370. The molecule has 0 atom stereocenters. The Hall–Kier alpha value is -0.820. The highest BCUT2D eigenvalue weighted by molar-refractivity contribution is 5.31. The third-order valence-corrected chi connectivity index (χ3v) is 3.02. The highest BCUT2D eigenvalue weighted by Gasteiger charge is 2.40. The molecule has 0 amide bonds. The van der Waals surface area contributed by atoms with E-state index < -0.39 is 0 Å². The van der Waals surface area contributed by atoms with Crippen LogP contribution in [-0.2, 0) is 6.42 Å². The molecule has 2 rings (SSSR count). The summed E-state index contributed by atoms with van der Waals surface area (Å²) in [7, 11) is 0. The van der Waals surface area contributed by atoms with E-state index in [-0.39, 0.29) is 5.60 Å². The molecule has 1 fully saturated rings. The van der Waals surface area contributed by atoms with E-state index in [2.05, 4.69) is 38.1 Å². The maximum Gasteiger partial charge on any atom is 0.0690 e. The second-order valence-electron chi connectivity index (χ2n) is 4.75. The van der Waals surface area contributed by atoms with Gasteiger partial charge in [-0.15, -0.1) is 0 Å². The lowest BCUT2D eigenvalue weighted by molar-refractivity contribution is 0.150. The number of hydrogen-bond acceptors (Lipinski definition) is 1. The summed E-state index contributed by atoms with van der Waals surface area (Å²) < 4.78 is 0. The molecule has 0 aromatic heterocycles. The second-order valence-corrected chi connectivity index (χ2v) is 4.75. The molecule has 14 heavy (non-hydrogen) atoms. The molecular weight excluding hydrogens is 172 g/mol. The van der Waals surface area contributed by atoms with Gasteiger partial charge in [0.1, 0.15) is 0 Å². The molecule has 1 saturated carbocycles. The average Bonchev–Trinajstić information content (AvgIpc) is 2.84. The molecule has 1 aliphatic carbocycles. The molecule has 1 N–H and O–H groups in total. The molecule has 0 bridgehead atoms. The molecule has 0 radical (unpaired) electrons. The van der Waals surface area contributed by atoms with Crippen molar-refractivity contribution in [2.45, 2.75) is 44.6 Å². The lowest BCUT2D eigenvalue weighted by Gasteiger charge is -2.15. The number of benzene rings is 1. The summed E-state index contributed by atoms with van der Waals surface area (Å²) in [4.78, 5) is 0. The summed E-state index contributed by atoms with van der Waals surface area (Å²) in [6.45, 7) is 4.41. The molecule has 1 aromatic carbocycles. The van der Waals surface area contributed by atoms with Crippen molar-refractivity contribution in [1.29, 1.82) is 0 Å². The van der Waals surface area contributed by atoms with Gasteiger partial charge in [0.25, 0.3) is 0 Å². The minimum atomic E-state index is -0.370. The largest absolute Gasteiger partial charge is 0.390 e. The Kier molecular flexibility index (Phi) is 2.36. The topological polar surface area (TPSA) is 20.2 Å². The molecule has 0 unspecified atom stereocenters. The lowest BCUT2D eigenvalue weighted by atomic mass is 9.93. The summed E-state index contributed by atoms with van der Waals surface area (Å²) in [5, 5.41) is 9.89. The van der Waals surface area contributed by atoms with E-state index in [0.717, 1.165) is 19.3 Å². The third-order valence-electron chi connectivity index (χ3n) is 3.02. The average molecular weight is 190 g/mol. The van der Waals surface area contributed by atoms with Crippen molar-refractivity contribution in [1.82, 2.24) is 0 Å². The van der Waals surface area contributed by atoms with Gasteiger partial charge in [0.2, 0.25) is 0 Å². The Labute approximate surface area is 85.8 Å². The van der Waals surface area contributed by atoms with E-state index in [9.17, 15) is 5.11 Å². The van der Waals surface area contributed by atoms with Crippen molar-refractivity contribution in [3.8, 4) is 0 Å². The Balaban J connectivity index is 2.23. The molecule has 1 heteroatoms. The van der Waals surface area contributed by atoms with E-state index in [1.807, 2.05) is 0 Å². The smallest absolute Gasteiger partial charge is 0.0690 e. The van der Waals surface area contributed by atoms with Gasteiger partial charge in [0.05, 0.1) is 5.60 Å². The van der Waals surface area contributed by atoms with E-state index in [4.69, 9.17) is 0 Å². The highest BCUT2D eigenvalue weighted by Crippen LogP contribution is 2.39. The van der Waals surface area contributed by atoms with Crippen LogP contribution in [0.1, 0.15) is 43.7 Å². The first-order chi connectivity index (χ1) is 6.61. The summed E-state index contributed by atoms with van der Waals surface area (Å²) in [6.07, 6.45) is 2.78.